The van der Waals surface area contributed by atoms with Gasteiger partial charge in [-0.2, -0.15) is 0 Å². The number of hydrogen-bond acceptors (Lipinski definition) is 1. The first-order chi connectivity index (χ1) is 4.75. The summed E-state index contributed by atoms with van der Waals surface area (Å²) in [5.74, 6) is 0. The van der Waals surface area contributed by atoms with E-state index >= 15 is 0 Å². The van der Waals surface area contributed by atoms with Crippen molar-refractivity contribution in [2.24, 2.45) is 0 Å². The molecule has 0 unspecified atom stereocenters. The molecule has 1 aliphatic carbocycles. The Balaban J connectivity index is 2.97. The van der Waals surface area contributed by atoms with Crippen molar-refractivity contribution in [1.29, 1.82) is 5.41 Å². The van der Waals surface area contributed by atoms with E-state index in [0.29, 0.717) is 0 Å². The summed E-state index contributed by atoms with van der Waals surface area (Å²) >= 11 is 0. The predicted molar refractivity (Wildman–Crippen MR) is 44.5 cm³/mol. The minimum absolute atomic E-state index is 1.13. The summed E-state index contributed by atoms with van der Waals surface area (Å²) in [6, 6.07) is 0. The molecule has 1 nitrogen and oxygen atoms in total. The van der Waals surface area contributed by atoms with Gasteiger partial charge in [0, 0.05) is 6.21 Å². The molecule has 1 rings (SSSR count). The molecule has 0 aromatic carbocycles. The number of allylic oxidation sites excluding steroid dienone is 4. The molecule has 54 valence electrons. The maximum Gasteiger partial charge on any atom is 0.0252 e. The molecule has 0 saturated carbocycles. The van der Waals surface area contributed by atoms with Crippen LogP contribution < -0.4 is 0 Å². The predicted octanol–water partition coefficient (Wildman–Crippen LogP) is 2.69. The summed E-state index contributed by atoms with van der Waals surface area (Å²) in [5, 5.41) is 7.13. The molecule has 1 heteroatoms. The van der Waals surface area contributed by atoms with E-state index in [1.807, 2.05) is 0 Å². The van der Waals surface area contributed by atoms with E-state index in [9.17, 15) is 0 Å². The Morgan fingerprint density at radius 2 is 2.20 bits per heavy atom. The first-order valence-electron chi connectivity index (χ1n) is 3.63. The van der Waals surface area contributed by atoms with Crippen LogP contribution in [-0.2, 0) is 0 Å². The Morgan fingerprint density at radius 1 is 1.50 bits per heavy atom. The molecule has 0 atom stereocenters. The Morgan fingerprint density at radius 3 is 2.60 bits per heavy atom. The van der Waals surface area contributed by atoms with E-state index in [-0.39, 0.29) is 0 Å². The largest absolute Gasteiger partial charge is 0.308 e. The lowest BCUT2D eigenvalue weighted by Crippen LogP contribution is -1.97. The molecule has 0 aromatic rings. The smallest absolute Gasteiger partial charge is 0.0252 e. The van der Waals surface area contributed by atoms with E-state index < -0.39 is 0 Å². The van der Waals surface area contributed by atoms with Gasteiger partial charge >= 0.3 is 0 Å². The van der Waals surface area contributed by atoms with Crippen LogP contribution in [0.15, 0.2) is 22.8 Å². The van der Waals surface area contributed by atoms with Gasteiger partial charge in [-0.1, -0.05) is 11.6 Å². The lowest BCUT2D eigenvalue weighted by atomic mass is 9.94. The van der Waals surface area contributed by atoms with Gasteiger partial charge in [-0.3, -0.25) is 0 Å². The van der Waals surface area contributed by atoms with Crippen molar-refractivity contribution in [2.45, 2.75) is 26.7 Å². The van der Waals surface area contributed by atoms with Crippen molar-refractivity contribution in [2.75, 3.05) is 0 Å². The number of rotatable bonds is 1. The van der Waals surface area contributed by atoms with Gasteiger partial charge in [-0.25, -0.2) is 0 Å². The van der Waals surface area contributed by atoms with E-state index in [1.54, 1.807) is 0 Å². The van der Waals surface area contributed by atoms with Crippen molar-refractivity contribution in [3.05, 3.63) is 22.8 Å². The van der Waals surface area contributed by atoms with Crippen LogP contribution in [0.5, 0.6) is 0 Å². The molecular weight excluding hydrogens is 122 g/mol. The maximum absolute atomic E-state index is 7.13. The lowest BCUT2D eigenvalue weighted by Gasteiger charge is -2.12. The van der Waals surface area contributed by atoms with E-state index in [1.165, 1.54) is 17.4 Å². The summed E-state index contributed by atoms with van der Waals surface area (Å²) in [4.78, 5) is 0. The van der Waals surface area contributed by atoms with Crippen molar-refractivity contribution in [1.82, 2.24) is 0 Å². The Bertz CT molecular complexity index is 209. The van der Waals surface area contributed by atoms with E-state index in [0.717, 1.165) is 18.4 Å². The van der Waals surface area contributed by atoms with Gasteiger partial charge in [-0.15, -0.1) is 0 Å². The topological polar surface area (TPSA) is 23.9 Å². The van der Waals surface area contributed by atoms with Crippen LogP contribution in [0.2, 0.25) is 0 Å². The first kappa shape index (κ1) is 7.26. The monoisotopic (exact) mass is 135 g/mol. The Kier molecular flexibility index (Phi) is 2.05. The molecule has 1 aliphatic rings. The van der Waals surface area contributed by atoms with Crippen LogP contribution in [0.25, 0.3) is 0 Å². The minimum Gasteiger partial charge on any atom is -0.308 e. The van der Waals surface area contributed by atoms with Gasteiger partial charge in [0.05, 0.1) is 0 Å². The highest BCUT2D eigenvalue weighted by Crippen LogP contribution is 2.22. The molecule has 1 N–H and O–H groups in total. The second kappa shape index (κ2) is 2.82. The maximum atomic E-state index is 7.13. The van der Waals surface area contributed by atoms with Gasteiger partial charge in [0.25, 0.3) is 0 Å². The first-order valence-corrected chi connectivity index (χ1v) is 3.63. The molecule has 0 amide bonds. The van der Waals surface area contributed by atoms with Gasteiger partial charge < -0.3 is 5.41 Å². The Hall–Kier alpha value is -0.850. The molecule has 0 saturated heterocycles. The van der Waals surface area contributed by atoms with Gasteiger partial charge in [-0.05, 0) is 37.8 Å². The van der Waals surface area contributed by atoms with Gasteiger partial charge in [0.2, 0.25) is 0 Å². The molecule has 0 heterocycles. The highest BCUT2D eigenvalue weighted by molar-refractivity contribution is 5.83. The summed E-state index contributed by atoms with van der Waals surface area (Å²) in [6.45, 7) is 4.18. The summed E-state index contributed by atoms with van der Waals surface area (Å²) in [5.41, 5.74) is 3.75. The molecule has 0 spiro atoms. The van der Waals surface area contributed by atoms with E-state index in [2.05, 4.69) is 19.9 Å². The molecule has 0 aliphatic heterocycles. The fraction of sp³-hybridized carbons (Fsp3) is 0.444. The fourth-order valence-electron chi connectivity index (χ4n) is 1.32. The van der Waals surface area contributed by atoms with Gasteiger partial charge in [0.1, 0.15) is 0 Å². The second-order valence-electron chi connectivity index (χ2n) is 2.76. The van der Waals surface area contributed by atoms with Crippen molar-refractivity contribution in [3.63, 3.8) is 0 Å². The number of hydrogen-bond donors (Lipinski definition) is 1. The zero-order valence-electron chi connectivity index (χ0n) is 6.57. The molecule has 0 radical (unpaired) electrons. The molecule has 0 fully saturated rings. The van der Waals surface area contributed by atoms with Gasteiger partial charge in [0.15, 0.2) is 0 Å². The highest BCUT2D eigenvalue weighted by atomic mass is 14.3. The molecular formula is C9H13N. The average Bonchev–Trinajstić information content (AvgIpc) is 1.88. The molecule has 0 aromatic heterocycles. The summed E-state index contributed by atoms with van der Waals surface area (Å²) in [6.07, 6.45) is 5.94. The summed E-state index contributed by atoms with van der Waals surface area (Å²) < 4.78 is 0. The van der Waals surface area contributed by atoms with Crippen LogP contribution in [0.4, 0.5) is 0 Å². The third kappa shape index (κ3) is 1.18. The molecule has 10 heavy (non-hydrogen) atoms. The minimum atomic E-state index is 1.13. The van der Waals surface area contributed by atoms with Crippen LogP contribution in [-0.4, -0.2) is 6.21 Å². The van der Waals surface area contributed by atoms with Crippen LogP contribution >= 0.6 is 0 Å². The third-order valence-corrected chi connectivity index (χ3v) is 2.00. The average molecular weight is 135 g/mol. The van der Waals surface area contributed by atoms with Crippen molar-refractivity contribution >= 4 is 6.21 Å². The zero-order chi connectivity index (χ0) is 7.56. The van der Waals surface area contributed by atoms with Crippen LogP contribution in [0.3, 0.4) is 0 Å². The standard InChI is InChI=1S/C9H13N/c1-7-4-3-5-8(2)9(7)6-10/h4,6,10H,3,5H2,1-2H3. The molecule has 0 bridgehead atoms. The van der Waals surface area contributed by atoms with Crippen LogP contribution in [0, 0.1) is 5.41 Å². The normalized spacial score (nSPS) is 18.8. The number of nitrogens with one attached hydrogen (secondary N) is 1. The zero-order valence-corrected chi connectivity index (χ0v) is 6.57. The van der Waals surface area contributed by atoms with Crippen molar-refractivity contribution in [3.8, 4) is 0 Å². The summed E-state index contributed by atoms with van der Waals surface area (Å²) in [7, 11) is 0. The Labute approximate surface area is 62.0 Å². The van der Waals surface area contributed by atoms with Crippen LogP contribution in [0.1, 0.15) is 26.7 Å². The fourth-order valence-corrected chi connectivity index (χ4v) is 1.32. The quantitative estimate of drug-likeness (QED) is 0.534. The third-order valence-electron chi connectivity index (χ3n) is 2.00. The second-order valence-corrected chi connectivity index (χ2v) is 2.76. The van der Waals surface area contributed by atoms with Crippen molar-refractivity contribution < 1.29 is 0 Å². The highest BCUT2D eigenvalue weighted by Gasteiger charge is 2.05. The lowest BCUT2D eigenvalue weighted by molar-refractivity contribution is 0.935. The SMILES string of the molecule is CC1=CCCC(C)=C1C=N. The van der Waals surface area contributed by atoms with E-state index in [4.69, 9.17) is 5.41 Å².